The summed E-state index contributed by atoms with van der Waals surface area (Å²) in [5.41, 5.74) is 4.01. The number of aromatic nitrogens is 4. The number of anilines is 1. The third-order valence-electron chi connectivity index (χ3n) is 4.69. The largest absolute Gasteiger partial charge is 0.496 e. The van der Waals surface area contributed by atoms with Gasteiger partial charge in [0.1, 0.15) is 17.4 Å². The highest BCUT2D eigenvalue weighted by Crippen LogP contribution is 2.33. The van der Waals surface area contributed by atoms with Crippen LogP contribution in [0.5, 0.6) is 5.75 Å². The van der Waals surface area contributed by atoms with E-state index in [1.807, 2.05) is 61.5 Å². The Morgan fingerprint density at radius 3 is 2.73 bits per heavy atom. The number of ether oxygens (including phenoxy) is 1. The molecule has 4 aromatic rings. The van der Waals surface area contributed by atoms with Crippen LogP contribution in [0.25, 0.3) is 11.1 Å². The summed E-state index contributed by atoms with van der Waals surface area (Å²) in [4.78, 5) is 21.1. The van der Waals surface area contributed by atoms with Crippen molar-refractivity contribution in [2.75, 3.05) is 12.4 Å². The van der Waals surface area contributed by atoms with E-state index in [0.717, 1.165) is 28.0 Å². The standard InChI is InChI=1S/C23H21N5O2/c1-15-7-6-10-18(30-2)21(15)17-11-12-24-19(14-17)26-23(29)22-25-20(27-28-22)13-16-8-4-3-5-9-16/h3-12,14H,13H2,1-2H3,(H,24,26,29)(H,25,27,28). The Balaban J connectivity index is 1.52. The molecule has 0 saturated heterocycles. The van der Waals surface area contributed by atoms with E-state index in [2.05, 4.69) is 25.5 Å². The fourth-order valence-electron chi connectivity index (χ4n) is 3.27. The predicted octanol–water partition coefficient (Wildman–Crippen LogP) is 4.03. The molecule has 0 saturated carbocycles. The van der Waals surface area contributed by atoms with Gasteiger partial charge in [-0.15, -0.1) is 5.10 Å². The fourth-order valence-corrected chi connectivity index (χ4v) is 3.27. The van der Waals surface area contributed by atoms with Crippen molar-refractivity contribution in [3.63, 3.8) is 0 Å². The van der Waals surface area contributed by atoms with Crippen LogP contribution in [0.15, 0.2) is 66.9 Å². The smallest absolute Gasteiger partial charge is 0.296 e. The molecule has 2 aromatic carbocycles. The normalized spacial score (nSPS) is 10.6. The summed E-state index contributed by atoms with van der Waals surface area (Å²) in [5.74, 6) is 1.45. The number of pyridine rings is 1. The minimum atomic E-state index is -0.424. The van der Waals surface area contributed by atoms with Crippen LogP contribution >= 0.6 is 0 Å². The van der Waals surface area contributed by atoms with Crippen LogP contribution in [0.3, 0.4) is 0 Å². The number of nitrogens with zero attached hydrogens (tertiary/aromatic N) is 3. The number of amides is 1. The van der Waals surface area contributed by atoms with E-state index in [9.17, 15) is 4.79 Å². The second-order valence-electron chi connectivity index (χ2n) is 6.80. The molecule has 7 nitrogen and oxygen atoms in total. The summed E-state index contributed by atoms with van der Waals surface area (Å²) in [6.45, 7) is 2.01. The lowest BCUT2D eigenvalue weighted by atomic mass is 10.0. The number of H-pyrrole nitrogens is 1. The number of aromatic amines is 1. The molecule has 2 heterocycles. The van der Waals surface area contributed by atoms with E-state index in [1.165, 1.54) is 0 Å². The average molecular weight is 399 g/mol. The molecule has 150 valence electrons. The molecule has 0 aliphatic heterocycles. The van der Waals surface area contributed by atoms with Crippen LogP contribution in [-0.2, 0) is 6.42 Å². The van der Waals surface area contributed by atoms with Gasteiger partial charge in [0.2, 0.25) is 5.82 Å². The third-order valence-corrected chi connectivity index (χ3v) is 4.69. The summed E-state index contributed by atoms with van der Waals surface area (Å²) in [6.07, 6.45) is 2.22. The molecule has 1 amide bonds. The molecular weight excluding hydrogens is 378 g/mol. The minimum absolute atomic E-state index is 0.0709. The molecule has 0 radical (unpaired) electrons. The summed E-state index contributed by atoms with van der Waals surface area (Å²) in [5, 5.41) is 9.62. The summed E-state index contributed by atoms with van der Waals surface area (Å²) in [7, 11) is 1.64. The molecule has 0 spiro atoms. The predicted molar refractivity (Wildman–Crippen MR) is 115 cm³/mol. The maximum atomic E-state index is 12.6. The highest BCUT2D eigenvalue weighted by atomic mass is 16.5. The molecule has 2 aromatic heterocycles. The molecule has 0 aliphatic rings. The van der Waals surface area contributed by atoms with Crippen LogP contribution in [-0.4, -0.2) is 33.2 Å². The monoisotopic (exact) mass is 399 g/mol. The summed E-state index contributed by atoms with van der Waals surface area (Å²) >= 11 is 0. The molecule has 0 unspecified atom stereocenters. The lowest BCUT2D eigenvalue weighted by molar-refractivity contribution is 0.101. The quantitative estimate of drug-likeness (QED) is 0.511. The number of carbonyl (C=O) groups excluding carboxylic acids is 1. The molecule has 2 N–H and O–H groups in total. The highest BCUT2D eigenvalue weighted by Gasteiger charge is 2.15. The van der Waals surface area contributed by atoms with Gasteiger partial charge in [0, 0.05) is 18.2 Å². The first-order valence-electron chi connectivity index (χ1n) is 9.50. The summed E-state index contributed by atoms with van der Waals surface area (Å²) < 4.78 is 5.49. The Morgan fingerprint density at radius 1 is 1.10 bits per heavy atom. The van der Waals surface area contributed by atoms with Gasteiger partial charge < -0.3 is 10.1 Å². The van der Waals surface area contributed by atoms with E-state index in [4.69, 9.17) is 4.74 Å². The van der Waals surface area contributed by atoms with Gasteiger partial charge in [-0.2, -0.15) is 0 Å². The Bertz CT molecular complexity index is 1170. The number of nitrogens with one attached hydrogen (secondary N) is 2. The topological polar surface area (TPSA) is 92.8 Å². The van der Waals surface area contributed by atoms with Gasteiger partial charge in [0.25, 0.3) is 5.91 Å². The lowest BCUT2D eigenvalue weighted by Crippen LogP contribution is -2.14. The maximum Gasteiger partial charge on any atom is 0.296 e. The van der Waals surface area contributed by atoms with Crippen LogP contribution < -0.4 is 10.1 Å². The van der Waals surface area contributed by atoms with E-state index in [0.29, 0.717) is 18.1 Å². The van der Waals surface area contributed by atoms with Gasteiger partial charge in [0.15, 0.2) is 0 Å². The van der Waals surface area contributed by atoms with E-state index >= 15 is 0 Å². The number of benzene rings is 2. The Morgan fingerprint density at radius 2 is 1.93 bits per heavy atom. The third kappa shape index (κ3) is 4.20. The minimum Gasteiger partial charge on any atom is -0.496 e. The van der Waals surface area contributed by atoms with Crippen molar-refractivity contribution in [1.82, 2.24) is 20.2 Å². The van der Waals surface area contributed by atoms with Crippen molar-refractivity contribution in [2.45, 2.75) is 13.3 Å². The molecule has 0 atom stereocenters. The van der Waals surface area contributed by atoms with E-state index < -0.39 is 5.91 Å². The number of carbonyl (C=O) groups is 1. The Hall–Kier alpha value is -4.00. The zero-order valence-electron chi connectivity index (χ0n) is 16.7. The van der Waals surface area contributed by atoms with Gasteiger partial charge in [0.05, 0.1) is 7.11 Å². The van der Waals surface area contributed by atoms with Gasteiger partial charge in [-0.3, -0.25) is 9.89 Å². The van der Waals surface area contributed by atoms with Gasteiger partial charge in [-0.05, 0) is 41.8 Å². The van der Waals surface area contributed by atoms with Gasteiger partial charge in [-0.1, -0.05) is 42.5 Å². The van der Waals surface area contributed by atoms with Crippen molar-refractivity contribution in [1.29, 1.82) is 0 Å². The van der Waals surface area contributed by atoms with Crippen molar-refractivity contribution in [3.05, 3.63) is 89.6 Å². The molecule has 4 rings (SSSR count). The van der Waals surface area contributed by atoms with Crippen LogP contribution in [0, 0.1) is 6.92 Å². The Kier molecular flexibility index (Phi) is 5.52. The molecule has 30 heavy (non-hydrogen) atoms. The number of hydrogen-bond acceptors (Lipinski definition) is 5. The first-order chi connectivity index (χ1) is 14.6. The number of methoxy groups -OCH3 is 1. The second kappa shape index (κ2) is 8.57. The zero-order valence-corrected chi connectivity index (χ0v) is 16.7. The first-order valence-corrected chi connectivity index (χ1v) is 9.50. The van der Waals surface area contributed by atoms with Gasteiger partial charge >= 0.3 is 0 Å². The van der Waals surface area contributed by atoms with Crippen molar-refractivity contribution >= 4 is 11.7 Å². The molecule has 0 fully saturated rings. The van der Waals surface area contributed by atoms with Crippen molar-refractivity contribution in [2.24, 2.45) is 0 Å². The van der Waals surface area contributed by atoms with Gasteiger partial charge in [-0.25, -0.2) is 9.97 Å². The molecule has 0 bridgehead atoms. The molecule has 7 heteroatoms. The second-order valence-corrected chi connectivity index (χ2v) is 6.80. The zero-order chi connectivity index (χ0) is 20.9. The fraction of sp³-hybridized carbons (Fsp3) is 0.130. The average Bonchev–Trinajstić information content (AvgIpc) is 3.23. The van der Waals surface area contributed by atoms with Crippen molar-refractivity contribution < 1.29 is 9.53 Å². The highest BCUT2D eigenvalue weighted by molar-refractivity contribution is 6.01. The maximum absolute atomic E-state index is 12.6. The number of hydrogen-bond donors (Lipinski definition) is 2. The number of rotatable bonds is 6. The van der Waals surface area contributed by atoms with Crippen LogP contribution in [0.1, 0.15) is 27.6 Å². The molecule has 0 aliphatic carbocycles. The van der Waals surface area contributed by atoms with Crippen LogP contribution in [0.4, 0.5) is 5.82 Å². The van der Waals surface area contributed by atoms with E-state index in [1.54, 1.807) is 19.4 Å². The Labute approximate surface area is 174 Å². The summed E-state index contributed by atoms with van der Waals surface area (Å²) in [6, 6.07) is 19.4. The van der Waals surface area contributed by atoms with E-state index in [-0.39, 0.29) is 5.82 Å². The SMILES string of the molecule is COc1cccc(C)c1-c1ccnc(NC(=O)c2n[nH]c(Cc3ccccc3)n2)c1. The first kappa shape index (κ1) is 19.3. The lowest BCUT2D eigenvalue weighted by Gasteiger charge is -2.12. The van der Waals surface area contributed by atoms with Crippen molar-refractivity contribution in [3.8, 4) is 16.9 Å². The van der Waals surface area contributed by atoms with Crippen LogP contribution in [0.2, 0.25) is 0 Å². The number of aryl methyl sites for hydroxylation is 1. The molecular formula is C23H21N5O2.